The van der Waals surface area contributed by atoms with Crippen LogP contribution in [0.2, 0.25) is 0 Å². The number of hydrogen-bond donors (Lipinski definition) is 0. The van der Waals surface area contributed by atoms with Crippen LogP contribution in [0.4, 0.5) is 11.5 Å². The van der Waals surface area contributed by atoms with E-state index in [9.17, 15) is 4.79 Å². The molecule has 0 bridgehead atoms. The summed E-state index contributed by atoms with van der Waals surface area (Å²) in [4.78, 5) is 25.0. The maximum Gasteiger partial charge on any atom is 0.254 e. The Morgan fingerprint density at radius 3 is 2.89 bits per heavy atom. The molecule has 5 heterocycles. The highest BCUT2D eigenvalue weighted by atomic mass is 16.2. The zero-order valence-corrected chi connectivity index (χ0v) is 16.2. The summed E-state index contributed by atoms with van der Waals surface area (Å²) in [5, 5.41) is 8.91. The van der Waals surface area contributed by atoms with Crippen LogP contribution in [-0.2, 0) is 4.79 Å². The number of carbonyl (C=O) groups is 1. The minimum Gasteiger partial charge on any atom is -0.354 e. The number of rotatable bonds is 4. The van der Waals surface area contributed by atoms with Gasteiger partial charge in [-0.3, -0.25) is 9.48 Å². The number of hydrogen-bond acceptors (Lipinski definition) is 6. The molecule has 1 unspecified atom stereocenters. The van der Waals surface area contributed by atoms with Crippen LogP contribution in [0.3, 0.4) is 0 Å². The molecule has 2 fully saturated rings. The van der Waals surface area contributed by atoms with E-state index in [1.807, 2.05) is 26.5 Å². The summed E-state index contributed by atoms with van der Waals surface area (Å²) in [7, 11) is 0. The fourth-order valence-electron chi connectivity index (χ4n) is 4.09. The molecule has 2 aliphatic heterocycles. The Labute approximate surface area is 163 Å². The fraction of sp³-hybridized carbons (Fsp3) is 0.526. The average molecular weight is 380 g/mol. The number of amides is 1. The van der Waals surface area contributed by atoms with Crippen molar-refractivity contribution in [1.29, 1.82) is 0 Å². The van der Waals surface area contributed by atoms with Gasteiger partial charge < -0.3 is 9.80 Å². The number of fused-ring (bicyclic) bond motifs is 1. The van der Waals surface area contributed by atoms with Crippen LogP contribution in [0.5, 0.6) is 0 Å². The minimum absolute atomic E-state index is 0.194. The van der Waals surface area contributed by atoms with Gasteiger partial charge in [-0.05, 0) is 18.8 Å². The van der Waals surface area contributed by atoms with Crippen LogP contribution in [0.1, 0.15) is 50.8 Å². The molecule has 5 rings (SSSR count). The predicted octanol–water partition coefficient (Wildman–Crippen LogP) is 2.02. The van der Waals surface area contributed by atoms with Gasteiger partial charge in [-0.25, -0.2) is 4.98 Å². The highest BCUT2D eigenvalue weighted by molar-refractivity contribution is 5.95. The van der Waals surface area contributed by atoms with Gasteiger partial charge in [-0.1, -0.05) is 13.8 Å². The maximum atomic E-state index is 12.0. The molecule has 2 saturated heterocycles. The summed E-state index contributed by atoms with van der Waals surface area (Å²) in [5.74, 6) is 2.18. The zero-order valence-electron chi connectivity index (χ0n) is 16.2. The van der Waals surface area contributed by atoms with Gasteiger partial charge in [-0.2, -0.15) is 19.7 Å². The highest BCUT2D eigenvalue weighted by Crippen LogP contribution is 2.30. The Bertz CT molecular complexity index is 1020. The lowest BCUT2D eigenvalue weighted by Gasteiger charge is -2.20. The van der Waals surface area contributed by atoms with Crippen molar-refractivity contribution in [1.82, 2.24) is 29.4 Å². The number of carbonyl (C=O) groups excluding carboxylic acids is 1. The molecular weight excluding hydrogens is 356 g/mol. The molecule has 1 atom stereocenters. The van der Waals surface area contributed by atoms with Gasteiger partial charge in [0, 0.05) is 38.3 Å². The van der Waals surface area contributed by atoms with Crippen molar-refractivity contribution in [3.8, 4) is 0 Å². The molecule has 1 amide bonds. The highest BCUT2D eigenvalue weighted by Gasteiger charge is 2.29. The SMILES string of the molecule is CC(C)c1cc(N2CCC(n3cc(N4CCCC4=O)cn3)C2)n2ncnc2n1. The van der Waals surface area contributed by atoms with Crippen LogP contribution < -0.4 is 9.80 Å². The van der Waals surface area contributed by atoms with Crippen LogP contribution in [0.25, 0.3) is 5.78 Å². The fourth-order valence-corrected chi connectivity index (χ4v) is 4.09. The zero-order chi connectivity index (χ0) is 19.3. The standard InChI is InChI=1S/C19H24N8O/c1-13(2)16-8-17(27-19(23-16)20-12-22-27)24-7-5-14(10-24)26-11-15(9-21-26)25-6-3-4-18(25)28/h8-9,11-14H,3-7,10H2,1-2H3. The van der Waals surface area contributed by atoms with Gasteiger partial charge in [0.25, 0.3) is 5.78 Å². The van der Waals surface area contributed by atoms with E-state index in [1.54, 1.807) is 6.33 Å². The second-order valence-corrected chi connectivity index (χ2v) is 7.88. The summed E-state index contributed by atoms with van der Waals surface area (Å²) < 4.78 is 3.82. The third-order valence-electron chi connectivity index (χ3n) is 5.68. The smallest absolute Gasteiger partial charge is 0.254 e. The predicted molar refractivity (Wildman–Crippen MR) is 105 cm³/mol. The first-order valence-corrected chi connectivity index (χ1v) is 9.90. The van der Waals surface area contributed by atoms with Gasteiger partial charge >= 0.3 is 0 Å². The quantitative estimate of drug-likeness (QED) is 0.688. The first-order valence-electron chi connectivity index (χ1n) is 9.90. The van der Waals surface area contributed by atoms with Crippen LogP contribution in [0.15, 0.2) is 24.8 Å². The Morgan fingerprint density at radius 1 is 1.21 bits per heavy atom. The number of aromatic nitrogens is 6. The molecule has 0 saturated carbocycles. The Hall–Kier alpha value is -2.97. The van der Waals surface area contributed by atoms with Crippen molar-refractivity contribution < 1.29 is 4.79 Å². The van der Waals surface area contributed by atoms with Crippen molar-refractivity contribution >= 4 is 23.2 Å². The van der Waals surface area contributed by atoms with Crippen molar-refractivity contribution in [2.24, 2.45) is 0 Å². The second kappa shape index (κ2) is 6.57. The Morgan fingerprint density at radius 2 is 2.11 bits per heavy atom. The van der Waals surface area contributed by atoms with E-state index in [-0.39, 0.29) is 11.9 Å². The summed E-state index contributed by atoms with van der Waals surface area (Å²) >= 11 is 0. The molecule has 28 heavy (non-hydrogen) atoms. The van der Waals surface area contributed by atoms with E-state index >= 15 is 0 Å². The van der Waals surface area contributed by atoms with Crippen LogP contribution in [-0.4, -0.2) is 54.9 Å². The topological polar surface area (TPSA) is 84.5 Å². The normalized spacial score (nSPS) is 20.2. The molecule has 0 N–H and O–H groups in total. The van der Waals surface area contributed by atoms with Crippen molar-refractivity contribution in [3.05, 3.63) is 30.5 Å². The minimum atomic E-state index is 0.194. The average Bonchev–Trinajstić information content (AvgIpc) is 3.45. The lowest BCUT2D eigenvalue weighted by molar-refractivity contribution is -0.117. The largest absolute Gasteiger partial charge is 0.354 e. The molecule has 3 aromatic rings. The third kappa shape index (κ3) is 2.81. The van der Waals surface area contributed by atoms with E-state index in [1.165, 1.54) is 0 Å². The third-order valence-corrected chi connectivity index (χ3v) is 5.68. The van der Waals surface area contributed by atoms with Crippen molar-refractivity contribution in [2.45, 2.75) is 45.1 Å². The van der Waals surface area contributed by atoms with Gasteiger partial charge in [0.15, 0.2) is 0 Å². The monoisotopic (exact) mass is 380 g/mol. The van der Waals surface area contributed by atoms with E-state index in [0.29, 0.717) is 18.1 Å². The molecule has 3 aromatic heterocycles. The molecule has 146 valence electrons. The second-order valence-electron chi connectivity index (χ2n) is 7.88. The lowest BCUT2D eigenvalue weighted by Crippen LogP contribution is -2.24. The molecular formula is C19H24N8O. The van der Waals surface area contributed by atoms with E-state index in [2.05, 4.69) is 45.0 Å². The van der Waals surface area contributed by atoms with Crippen LogP contribution in [0, 0.1) is 0 Å². The molecule has 2 aliphatic rings. The number of anilines is 2. The van der Waals surface area contributed by atoms with Gasteiger partial charge in [0.2, 0.25) is 5.91 Å². The number of nitrogens with zero attached hydrogens (tertiary/aromatic N) is 8. The molecule has 0 spiro atoms. The summed E-state index contributed by atoms with van der Waals surface area (Å²) in [6.45, 7) is 6.82. The van der Waals surface area contributed by atoms with E-state index in [4.69, 9.17) is 0 Å². The van der Waals surface area contributed by atoms with Gasteiger partial charge in [0.05, 0.1) is 23.6 Å². The molecule has 9 heteroatoms. The summed E-state index contributed by atoms with van der Waals surface area (Å²) in [6, 6.07) is 2.38. The molecule has 0 radical (unpaired) electrons. The van der Waals surface area contributed by atoms with Crippen LogP contribution >= 0.6 is 0 Å². The summed E-state index contributed by atoms with van der Waals surface area (Å²) in [5.41, 5.74) is 1.93. The maximum absolute atomic E-state index is 12.0. The lowest BCUT2D eigenvalue weighted by atomic mass is 10.1. The molecule has 0 aromatic carbocycles. The van der Waals surface area contributed by atoms with Crippen molar-refractivity contribution in [2.75, 3.05) is 29.4 Å². The van der Waals surface area contributed by atoms with Gasteiger partial charge in [-0.15, -0.1) is 0 Å². The molecule has 9 nitrogen and oxygen atoms in total. The Balaban J connectivity index is 1.39. The van der Waals surface area contributed by atoms with Gasteiger partial charge in [0.1, 0.15) is 12.1 Å². The van der Waals surface area contributed by atoms with E-state index < -0.39 is 0 Å². The van der Waals surface area contributed by atoms with E-state index in [0.717, 1.165) is 49.7 Å². The summed E-state index contributed by atoms with van der Waals surface area (Å²) in [6.07, 6.45) is 7.92. The first kappa shape index (κ1) is 17.2. The first-order chi connectivity index (χ1) is 13.6. The van der Waals surface area contributed by atoms with Crippen molar-refractivity contribution in [3.63, 3.8) is 0 Å². The Kier molecular flexibility index (Phi) is 4.03. The molecule has 0 aliphatic carbocycles.